The number of nitrogen functional groups attached to an aromatic ring is 1. The fraction of sp³-hybridized carbons (Fsp3) is 0.316. The SMILES string of the molecule is N#Cc1ccc2c(c1)C(c1nc(NN)nc3nn(C4CCCC4)cc13)C(=O)N2. The predicted molar refractivity (Wildman–Crippen MR) is 102 cm³/mol. The van der Waals surface area contributed by atoms with E-state index in [1.54, 1.807) is 18.2 Å². The topological polar surface area (TPSA) is 135 Å². The summed E-state index contributed by atoms with van der Waals surface area (Å²) in [5.41, 5.74) is 5.40. The van der Waals surface area contributed by atoms with Crippen molar-refractivity contribution in [1.82, 2.24) is 19.7 Å². The second-order valence-corrected chi connectivity index (χ2v) is 7.20. The van der Waals surface area contributed by atoms with Gasteiger partial charge in [-0.2, -0.15) is 15.3 Å². The molecule has 5 rings (SSSR count). The Morgan fingerprint density at radius 2 is 2.11 bits per heavy atom. The molecule has 1 amide bonds. The molecule has 3 heterocycles. The minimum atomic E-state index is -0.651. The second-order valence-electron chi connectivity index (χ2n) is 7.20. The van der Waals surface area contributed by atoms with Gasteiger partial charge in [0.15, 0.2) is 5.65 Å². The summed E-state index contributed by atoms with van der Waals surface area (Å²) in [6.45, 7) is 0. The molecule has 28 heavy (non-hydrogen) atoms. The number of nitrogens with one attached hydrogen (secondary N) is 2. The first-order valence-corrected chi connectivity index (χ1v) is 9.26. The van der Waals surface area contributed by atoms with E-state index in [2.05, 4.69) is 31.9 Å². The monoisotopic (exact) mass is 374 g/mol. The quantitative estimate of drug-likeness (QED) is 0.472. The van der Waals surface area contributed by atoms with E-state index >= 15 is 0 Å². The number of hydrogen-bond donors (Lipinski definition) is 3. The van der Waals surface area contributed by atoms with Crippen LogP contribution in [0.25, 0.3) is 11.0 Å². The van der Waals surface area contributed by atoms with Gasteiger partial charge in [0.1, 0.15) is 5.92 Å². The van der Waals surface area contributed by atoms with Crippen molar-refractivity contribution in [3.63, 3.8) is 0 Å². The summed E-state index contributed by atoms with van der Waals surface area (Å²) in [6, 6.07) is 7.61. The van der Waals surface area contributed by atoms with Gasteiger partial charge in [-0.15, -0.1) is 0 Å². The fourth-order valence-corrected chi connectivity index (χ4v) is 4.19. The Balaban J connectivity index is 1.70. The van der Waals surface area contributed by atoms with Crippen LogP contribution in [0.15, 0.2) is 24.4 Å². The molecule has 2 aromatic heterocycles. The maximum atomic E-state index is 12.8. The molecule has 1 atom stereocenters. The van der Waals surface area contributed by atoms with Crippen LogP contribution in [0.5, 0.6) is 0 Å². The zero-order valence-corrected chi connectivity index (χ0v) is 15.0. The number of anilines is 2. The van der Waals surface area contributed by atoms with Crippen molar-refractivity contribution in [2.45, 2.75) is 37.6 Å². The van der Waals surface area contributed by atoms with E-state index in [1.165, 1.54) is 12.8 Å². The van der Waals surface area contributed by atoms with Crippen molar-refractivity contribution in [2.24, 2.45) is 5.84 Å². The molecule has 0 saturated heterocycles. The third-order valence-corrected chi connectivity index (χ3v) is 5.54. The number of carbonyl (C=O) groups is 1. The molecule has 1 saturated carbocycles. The standard InChI is InChI=1S/C19H18N8O/c20-8-10-5-6-14-12(7-10)15(18(28)22-14)16-13-9-27(11-3-1-2-4-11)26-17(13)24-19(23-16)25-21/h5-7,9,11,15H,1-4,21H2,(H,22,28)(H,24,25,26). The molecule has 0 radical (unpaired) electrons. The number of benzene rings is 1. The molecule has 9 heteroatoms. The van der Waals surface area contributed by atoms with E-state index in [-0.39, 0.29) is 11.9 Å². The first-order valence-electron chi connectivity index (χ1n) is 9.26. The second kappa shape index (κ2) is 6.28. The lowest BCUT2D eigenvalue weighted by molar-refractivity contribution is -0.116. The Labute approximate surface area is 160 Å². The summed E-state index contributed by atoms with van der Waals surface area (Å²) in [7, 11) is 0. The predicted octanol–water partition coefficient (Wildman–Crippen LogP) is 2.18. The van der Waals surface area contributed by atoms with Gasteiger partial charge in [0.05, 0.1) is 28.8 Å². The summed E-state index contributed by atoms with van der Waals surface area (Å²) in [4.78, 5) is 21.7. The highest BCUT2D eigenvalue weighted by Crippen LogP contribution is 2.40. The Morgan fingerprint density at radius 1 is 1.29 bits per heavy atom. The highest BCUT2D eigenvalue weighted by molar-refractivity contribution is 6.06. The average molecular weight is 374 g/mol. The van der Waals surface area contributed by atoms with Crippen LogP contribution in [0.3, 0.4) is 0 Å². The molecule has 1 aromatic carbocycles. The third kappa shape index (κ3) is 2.50. The number of fused-ring (bicyclic) bond motifs is 2. The average Bonchev–Trinajstić information content (AvgIpc) is 3.43. The highest BCUT2D eigenvalue weighted by Gasteiger charge is 2.36. The van der Waals surface area contributed by atoms with Crippen LogP contribution in [0.4, 0.5) is 11.6 Å². The van der Waals surface area contributed by atoms with Gasteiger partial charge in [0, 0.05) is 11.9 Å². The molecular weight excluding hydrogens is 356 g/mol. The van der Waals surface area contributed by atoms with Crippen LogP contribution in [-0.2, 0) is 4.79 Å². The van der Waals surface area contributed by atoms with E-state index in [4.69, 9.17) is 5.84 Å². The van der Waals surface area contributed by atoms with Crippen LogP contribution in [0, 0.1) is 11.3 Å². The van der Waals surface area contributed by atoms with Gasteiger partial charge >= 0.3 is 0 Å². The molecule has 1 aliphatic carbocycles. The summed E-state index contributed by atoms with van der Waals surface area (Å²) in [5.74, 6) is 4.92. The number of carbonyl (C=O) groups excluding carboxylic acids is 1. The largest absolute Gasteiger partial charge is 0.325 e. The normalized spacial score (nSPS) is 18.9. The summed E-state index contributed by atoms with van der Waals surface area (Å²) in [5, 5.41) is 17.5. The van der Waals surface area contributed by atoms with Crippen LogP contribution in [0.2, 0.25) is 0 Å². The number of amides is 1. The summed E-state index contributed by atoms with van der Waals surface area (Å²) in [6.07, 6.45) is 6.46. The van der Waals surface area contributed by atoms with E-state index in [1.807, 2.05) is 10.9 Å². The lowest BCUT2D eigenvalue weighted by Gasteiger charge is -2.11. The van der Waals surface area contributed by atoms with Crippen molar-refractivity contribution in [3.05, 3.63) is 41.2 Å². The molecule has 3 aromatic rings. The lowest BCUT2D eigenvalue weighted by atomic mass is 9.94. The van der Waals surface area contributed by atoms with Gasteiger partial charge in [-0.25, -0.2) is 10.8 Å². The van der Waals surface area contributed by atoms with Crippen molar-refractivity contribution in [1.29, 1.82) is 5.26 Å². The lowest BCUT2D eigenvalue weighted by Crippen LogP contribution is -2.17. The Bertz CT molecular complexity index is 1140. The van der Waals surface area contributed by atoms with Crippen molar-refractivity contribution >= 4 is 28.6 Å². The summed E-state index contributed by atoms with van der Waals surface area (Å²) >= 11 is 0. The van der Waals surface area contributed by atoms with Crippen LogP contribution >= 0.6 is 0 Å². The highest BCUT2D eigenvalue weighted by atomic mass is 16.2. The third-order valence-electron chi connectivity index (χ3n) is 5.54. The minimum Gasteiger partial charge on any atom is -0.325 e. The van der Waals surface area contributed by atoms with E-state index in [0.717, 1.165) is 23.8 Å². The molecule has 140 valence electrons. The Kier molecular flexibility index (Phi) is 3.74. The molecule has 1 unspecified atom stereocenters. The number of rotatable bonds is 3. The first-order chi connectivity index (χ1) is 13.7. The van der Waals surface area contributed by atoms with Crippen molar-refractivity contribution in [2.75, 3.05) is 10.7 Å². The molecular formula is C19H18N8O. The maximum Gasteiger partial charge on any atom is 0.239 e. The molecule has 2 aliphatic rings. The molecule has 1 aliphatic heterocycles. The molecule has 4 N–H and O–H groups in total. The van der Waals surface area contributed by atoms with Gasteiger partial charge in [-0.05, 0) is 36.6 Å². The van der Waals surface area contributed by atoms with Gasteiger partial charge in [0.25, 0.3) is 0 Å². The van der Waals surface area contributed by atoms with Gasteiger partial charge in [-0.3, -0.25) is 14.9 Å². The zero-order chi connectivity index (χ0) is 19.3. The number of nitrogens with zero attached hydrogens (tertiary/aromatic N) is 5. The smallest absolute Gasteiger partial charge is 0.239 e. The van der Waals surface area contributed by atoms with Gasteiger partial charge in [0.2, 0.25) is 11.9 Å². The molecule has 0 spiro atoms. The first kappa shape index (κ1) is 16.6. The number of nitriles is 1. The van der Waals surface area contributed by atoms with Crippen LogP contribution in [-0.4, -0.2) is 25.7 Å². The fourth-order valence-electron chi connectivity index (χ4n) is 4.19. The zero-order valence-electron chi connectivity index (χ0n) is 15.0. The Hall–Kier alpha value is -3.51. The molecule has 1 fully saturated rings. The van der Waals surface area contributed by atoms with E-state index in [9.17, 15) is 10.1 Å². The van der Waals surface area contributed by atoms with Crippen LogP contribution in [0.1, 0.15) is 54.5 Å². The number of hydrazine groups is 1. The maximum absolute atomic E-state index is 12.8. The van der Waals surface area contributed by atoms with Gasteiger partial charge < -0.3 is 5.32 Å². The van der Waals surface area contributed by atoms with E-state index < -0.39 is 5.92 Å². The van der Waals surface area contributed by atoms with Crippen molar-refractivity contribution in [3.8, 4) is 6.07 Å². The van der Waals surface area contributed by atoms with Crippen molar-refractivity contribution < 1.29 is 4.79 Å². The van der Waals surface area contributed by atoms with Gasteiger partial charge in [-0.1, -0.05) is 12.8 Å². The molecule has 9 nitrogen and oxygen atoms in total. The molecule has 0 bridgehead atoms. The number of nitrogens with two attached hydrogens (primary N) is 1. The number of aromatic nitrogens is 4. The van der Waals surface area contributed by atoms with Crippen LogP contribution < -0.4 is 16.6 Å². The number of hydrogen-bond acceptors (Lipinski definition) is 7. The van der Waals surface area contributed by atoms with E-state index in [0.29, 0.717) is 28.6 Å². The summed E-state index contributed by atoms with van der Waals surface area (Å²) < 4.78 is 1.94. The minimum absolute atomic E-state index is 0.193. The Morgan fingerprint density at radius 3 is 2.86 bits per heavy atom.